The Balaban J connectivity index is 1.85. The van der Waals surface area contributed by atoms with E-state index >= 15 is 0 Å². The number of halogens is 2. The molecule has 0 amide bonds. The van der Waals surface area contributed by atoms with Crippen LogP contribution < -0.4 is 0 Å². The van der Waals surface area contributed by atoms with Crippen molar-refractivity contribution in [3.05, 3.63) is 83.0 Å². The molecule has 0 aliphatic carbocycles. The third-order valence-corrected chi connectivity index (χ3v) is 5.75. The summed E-state index contributed by atoms with van der Waals surface area (Å²) in [4.78, 5) is 10.5. The van der Waals surface area contributed by atoms with Crippen LogP contribution >= 0.6 is 35.0 Å². The zero-order valence-electron chi connectivity index (χ0n) is 14.4. The van der Waals surface area contributed by atoms with E-state index in [1.165, 1.54) is 0 Å². The number of rotatable bonds is 4. The standard InChI is InChI=1S/C21H15Cl2N3S/c1-26-20(18-4-2-3-13-24-18)25-19(14-5-7-15(22)8-6-14)21(26)27-17-11-9-16(23)10-12-17/h2-13H,1H3. The van der Waals surface area contributed by atoms with Gasteiger partial charge in [0.2, 0.25) is 0 Å². The van der Waals surface area contributed by atoms with Gasteiger partial charge in [-0.1, -0.05) is 53.2 Å². The van der Waals surface area contributed by atoms with Gasteiger partial charge in [0.1, 0.15) is 16.4 Å². The molecule has 134 valence electrons. The van der Waals surface area contributed by atoms with E-state index in [9.17, 15) is 0 Å². The first-order valence-corrected chi connectivity index (χ1v) is 9.86. The largest absolute Gasteiger partial charge is 0.320 e. The second-order valence-electron chi connectivity index (χ2n) is 5.93. The summed E-state index contributed by atoms with van der Waals surface area (Å²) in [6.45, 7) is 0. The molecule has 0 radical (unpaired) electrons. The van der Waals surface area contributed by atoms with Crippen molar-refractivity contribution in [1.82, 2.24) is 14.5 Å². The first-order chi connectivity index (χ1) is 13.1. The molecule has 0 spiro atoms. The maximum atomic E-state index is 6.06. The second-order valence-corrected chi connectivity index (χ2v) is 7.86. The quantitative estimate of drug-likeness (QED) is 0.378. The molecule has 0 bridgehead atoms. The number of benzene rings is 2. The molecule has 0 fully saturated rings. The van der Waals surface area contributed by atoms with Crippen molar-refractivity contribution in [1.29, 1.82) is 0 Å². The summed E-state index contributed by atoms with van der Waals surface area (Å²) in [5, 5.41) is 2.45. The molecule has 2 aromatic heterocycles. The van der Waals surface area contributed by atoms with Gasteiger partial charge >= 0.3 is 0 Å². The van der Waals surface area contributed by atoms with Gasteiger partial charge in [0.05, 0.1) is 0 Å². The van der Waals surface area contributed by atoms with Gasteiger partial charge in [0.25, 0.3) is 0 Å². The molecule has 0 unspecified atom stereocenters. The molecule has 4 rings (SSSR count). The highest BCUT2D eigenvalue weighted by Crippen LogP contribution is 2.38. The molecular weight excluding hydrogens is 397 g/mol. The van der Waals surface area contributed by atoms with Crippen LogP contribution in [0.15, 0.2) is 82.8 Å². The molecule has 6 heteroatoms. The third kappa shape index (κ3) is 3.88. The van der Waals surface area contributed by atoms with Crippen molar-refractivity contribution in [3.63, 3.8) is 0 Å². The number of nitrogens with zero attached hydrogens (tertiary/aromatic N) is 3. The van der Waals surface area contributed by atoms with Gasteiger partial charge in [-0.25, -0.2) is 4.98 Å². The van der Waals surface area contributed by atoms with Crippen LogP contribution in [0.5, 0.6) is 0 Å². The zero-order chi connectivity index (χ0) is 18.8. The monoisotopic (exact) mass is 411 g/mol. The molecule has 4 aromatic rings. The molecule has 0 saturated heterocycles. The maximum Gasteiger partial charge on any atom is 0.159 e. The lowest BCUT2D eigenvalue weighted by Gasteiger charge is -2.07. The Morgan fingerprint density at radius 2 is 1.52 bits per heavy atom. The summed E-state index contributed by atoms with van der Waals surface area (Å²) in [6, 6.07) is 21.3. The van der Waals surface area contributed by atoms with E-state index in [2.05, 4.69) is 9.55 Å². The Morgan fingerprint density at radius 1 is 0.852 bits per heavy atom. The minimum Gasteiger partial charge on any atom is -0.320 e. The average molecular weight is 412 g/mol. The first-order valence-electron chi connectivity index (χ1n) is 8.29. The Morgan fingerprint density at radius 3 is 2.15 bits per heavy atom. The highest BCUT2D eigenvalue weighted by molar-refractivity contribution is 7.99. The lowest BCUT2D eigenvalue weighted by atomic mass is 10.2. The number of aromatic nitrogens is 3. The normalized spacial score (nSPS) is 10.9. The number of imidazole rings is 1. The van der Waals surface area contributed by atoms with Crippen LogP contribution in [0.4, 0.5) is 0 Å². The molecule has 2 aromatic carbocycles. The lowest BCUT2D eigenvalue weighted by molar-refractivity contribution is 0.831. The molecule has 3 nitrogen and oxygen atoms in total. The third-order valence-electron chi connectivity index (χ3n) is 4.08. The van der Waals surface area contributed by atoms with Crippen LogP contribution in [-0.2, 0) is 7.05 Å². The molecule has 2 heterocycles. The van der Waals surface area contributed by atoms with E-state index in [0.717, 1.165) is 37.7 Å². The molecular formula is C21H15Cl2N3S. The topological polar surface area (TPSA) is 30.7 Å². The van der Waals surface area contributed by atoms with Crippen LogP contribution in [-0.4, -0.2) is 14.5 Å². The van der Waals surface area contributed by atoms with Crippen LogP contribution in [0.25, 0.3) is 22.8 Å². The second kappa shape index (κ2) is 7.77. The van der Waals surface area contributed by atoms with Gasteiger partial charge in [-0.2, -0.15) is 0 Å². The minimum atomic E-state index is 0.700. The summed E-state index contributed by atoms with van der Waals surface area (Å²) >= 11 is 13.7. The fourth-order valence-electron chi connectivity index (χ4n) is 2.73. The van der Waals surface area contributed by atoms with Crippen molar-refractivity contribution in [3.8, 4) is 22.8 Å². The molecule has 0 saturated carbocycles. The fraction of sp³-hybridized carbons (Fsp3) is 0.0476. The van der Waals surface area contributed by atoms with E-state index in [1.54, 1.807) is 18.0 Å². The number of pyridine rings is 1. The number of hydrogen-bond acceptors (Lipinski definition) is 3. The molecule has 27 heavy (non-hydrogen) atoms. The molecule has 0 atom stereocenters. The minimum absolute atomic E-state index is 0.700. The van der Waals surface area contributed by atoms with Crippen molar-refractivity contribution in [2.24, 2.45) is 7.05 Å². The summed E-state index contributed by atoms with van der Waals surface area (Å²) < 4.78 is 2.07. The van der Waals surface area contributed by atoms with Gasteiger partial charge in [-0.15, -0.1) is 0 Å². The van der Waals surface area contributed by atoms with E-state index in [4.69, 9.17) is 28.2 Å². The summed E-state index contributed by atoms with van der Waals surface area (Å²) in [5.74, 6) is 0.817. The first kappa shape index (κ1) is 18.1. The van der Waals surface area contributed by atoms with Gasteiger partial charge in [0, 0.05) is 33.7 Å². The summed E-state index contributed by atoms with van der Waals surface area (Å²) in [5.41, 5.74) is 2.74. The predicted octanol–water partition coefficient (Wildman–Crippen LogP) is 6.61. The van der Waals surface area contributed by atoms with E-state index < -0.39 is 0 Å². The molecule has 0 N–H and O–H groups in total. The highest BCUT2D eigenvalue weighted by Gasteiger charge is 2.19. The van der Waals surface area contributed by atoms with Crippen molar-refractivity contribution < 1.29 is 0 Å². The van der Waals surface area contributed by atoms with Gasteiger partial charge in [0.15, 0.2) is 5.82 Å². The Hall–Kier alpha value is -2.27. The number of hydrogen-bond donors (Lipinski definition) is 0. The van der Waals surface area contributed by atoms with Crippen molar-refractivity contribution in [2.75, 3.05) is 0 Å². The van der Waals surface area contributed by atoms with Crippen LogP contribution in [0.3, 0.4) is 0 Å². The van der Waals surface area contributed by atoms with Crippen molar-refractivity contribution in [2.45, 2.75) is 9.92 Å². The maximum absolute atomic E-state index is 6.06. The summed E-state index contributed by atoms with van der Waals surface area (Å²) in [7, 11) is 2.01. The van der Waals surface area contributed by atoms with E-state index in [-0.39, 0.29) is 0 Å². The van der Waals surface area contributed by atoms with Gasteiger partial charge in [-0.3, -0.25) is 4.98 Å². The average Bonchev–Trinajstić information content (AvgIpc) is 3.01. The van der Waals surface area contributed by atoms with Crippen molar-refractivity contribution >= 4 is 35.0 Å². The van der Waals surface area contributed by atoms with Crippen LogP contribution in [0.2, 0.25) is 10.0 Å². The molecule has 0 aliphatic heterocycles. The van der Waals surface area contributed by atoms with E-state index in [0.29, 0.717) is 5.02 Å². The van der Waals surface area contributed by atoms with Crippen LogP contribution in [0, 0.1) is 0 Å². The summed E-state index contributed by atoms with van der Waals surface area (Å²) in [6.07, 6.45) is 1.78. The SMILES string of the molecule is Cn1c(-c2ccccn2)nc(-c2ccc(Cl)cc2)c1Sc1ccc(Cl)cc1. The zero-order valence-corrected chi connectivity index (χ0v) is 16.8. The van der Waals surface area contributed by atoms with Gasteiger partial charge < -0.3 is 4.57 Å². The highest BCUT2D eigenvalue weighted by atomic mass is 35.5. The smallest absolute Gasteiger partial charge is 0.159 e. The van der Waals surface area contributed by atoms with Crippen LogP contribution in [0.1, 0.15) is 0 Å². The Labute approximate surface area is 172 Å². The van der Waals surface area contributed by atoms with E-state index in [1.807, 2.05) is 73.8 Å². The Bertz CT molecular complexity index is 1060. The fourth-order valence-corrected chi connectivity index (χ4v) is 3.97. The van der Waals surface area contributed by atoms with Gasteiger partial charge in [-0.05, 0) is 48.5 Å². The predicted molar refractivity (Wildman–Crippen MR) is 112 cm³/mol. The molecule has 0 aliphatic rings. The Kier molecular flexibility index (Phi) is 5.21. The lowest BCUT2D eigenvalue weighted by Crippen LogP contribution is -1.95.